The Bertz CT molecular complexity index is 1320. The second-order valence-electron chi connectivity index (χ2n) is 8.07. The monoisotopic (exact) mass is 534 g/mol. The summed E-state index contributed by atoms with van der Waals surface area (Å²) in [4.78, 5) is 43.8. The van der Waals surface area contributed by atoms with Gasteiger partial charge in [-0.1, -0.05) is 40.2 Å². The predicted octanol–water partition coefficient (Wildman–Crippen LogP) is 4.88. The Hall–Kier alpha value is -3.78. The molecule has 1 fully saturated rings. The quantitative estimate of drug-likeness (QED) is 0.209. The molecule has 0 spiro atoms. The summed E-state index contributed by atoms with van der Waals surface area (Å²) in [6.07, 6.45) is 3.26. The van der Waals surface area contributed by atoms with Gasteiger partial charge in [0.05, 0.1) is 24.6 Å². The smallest absolute Gasteiger partial charge is 0.310 e. The minimum absolute atomic E-state index is 0.0136. The van der Waals surface area contributed by atoms with Gasteiger partial charge in [0.15, 0.2) is 0 Å². The first-order valence-electron chi connectivity index (χ1n) is 11.0. The number of aliphatic hydroxyl groups excluding tert-OH is 1. The van der Waals surface area contributed by atoms with Gasteiger partial charge in [0.2, 0.25) is 0 Å². The topological polar surface area (TPSA) is 96.8 Å². The molecule has 8 heteroatoms. The van der Waals surface area contributed by atoms with Crippen LogP contribution in [0.4, 0.5) is 5.69 Å². The zero-order chi connectivity index (χ0) is 25.1. The first-order valence-corrected chi connectivity index (χ1v) is 11.8. The number of pyridine rings is 1. The number of aryl methyl sites for hydroxylation is 1. The lowest BCUT2D eigenvalue weighted by Crippen LogP contribution is -2.29. The van der Waals surface area contributed by atoms with E-state index in [2.05, 4.69) is 20.9 Å². The maximum absolute atomic E-state index is 13.2. The molecule has 4 rings (SSSR count). The Balaban J connectivity index is 1.80. The van der Waals surface area contributed by atoms with E-state index in [1.807, 2.05) is 6.92 Å². The average molecular weight is 535 g/mol. The summed E-state index contributed by atoms with van der Waals surface area (Å²) in [5.74, 6) is -2.14. The molecule has 0 radical (unpaired) electrons. The lowest BCUT2D eigenvalue weighted by atomic mass is 9.95. The number of anilines is 1. The summed E-state index contributed by atoms with van der Waals surface area (Å²) in [7, 11) is 0. The van der Waals surface area contributed by atoms with Crippen LogP contribution in [0.2, 0.25) is 0 Å². The van der Waals surface area contributed by atoms with Gasteiger partial charge in [-0.15, -0.1) is 0 Å². The van der Waals surface area contributed by atoms with E-state index in [4.69, 9.17) is 4.74 Å². The molecule has 1 aliphatic rings. The molecule has 1 saturated heterocycles. The standard InChI is InChI=1S/C27H23BrN2O5/c1-3-35-22(31)14-17-6-9-20(10-7-17)30-24(19-5-4-12-29-15-19)23(26(33)27(30)34)25(32)18-8-11-21(28)16(2)13-18/h4-13,15,24,32H,3,14H2,1-2H3/b25-23-. The van der Waals surface area contributed by atoms with Crippen molar-refractivity contribution in [2.75, 3.05) is 11.5 Å². The number of benzene rings is 2. The van der Waals surface area contributed by atoms with Crippen LogP contribution in [0.5, 0.6) is 0 Å². The molecule has 2 aromatic carbocycles. The molecule has 1 aliphatic heterocycles. The van der Waals surface area contributed by atoms with Crippen molar-refractivity contribution in [3.63, 3.8) is 0 Å². The van der Waals surface area contributed by atoms with Crippen molar-refractivity contribution in [2.45, 2.75) is 26.3 Å². The Morgan fingerprint density at radius 2 is 1.89 bits per heavy atom. The summed E-state index contributed by atoms with van der Waals surface area (Å²) in [6.45, 7) is 3.91. The highest BCUT2D eigenvalue weighted by Gasteiger charge is 2.47. The molecule has 3 aromatic rings. The van der Waals surface area contributed by atoms with Gasteiger partial charge in [0.1, 0.15) is 5.76 Å². The van der Waals surface area contributed by atoms with Crippen molar-refractivity contribution in [1.29, 1.82) is 0 Å². The molecule has 1 unspecified atom stereocenters. The Morgan fingerprint density at radius 3 is 2.51 bits per heavy atom. The van der Waals surface area contributed by atoms with Crippen LogP contribution in [0.15, 0.2) is 77.0 Å². The van der Waals surface area contributed by atoms with Crippen molar-refractivity contribution >= 4 is 45.0 Å². The van der Waals surface area contributed by atoms with Gasteiger partial charge in [-0.2, -0.15) is 0 Å². The number of hydrogen-bond acceptors (Lipinski definition) is 6. The van der Waals surface area contributed by atoms with Crippen LogP contribution in [0.25, 0.3) is 5.76 Å². The summed E-state index contributed by atoms with van der Waals surface area (Å²) < 4.78 is 5.85. The number of aromatic nitrogens is 1. The molecule has 0 bridgehead atoms. The number of carbonyl (C=O) groups is 3. The summed E-state index contributed by atoms with van der Waals surface area (Å²) in [5.41, 5.74) is 3.05. The first-order chi connectivity index (χ1) is 16.8. The lowest BCUT2D eigenvalue weighted by molar-refractivity contribution is -0.142. The number of Topliss-reactive ketones (excluding diaryl/α,β-unsaturated/α-hetero) is 1. The third-order valence-corrected chi connectivity index (χ3v) is 6.63. The highest BCUT2D eigenvalue weighted by atomic mass is 79.9. The fraction of sp³-hybridized carbons (Fsp3) is 0.185. The largest absolute Gasteiger partial charge is 0.507 e. The maximum atomic E-state index is 13.2. The number of esters is 1. The van der Waals surface area contributed by atoms with Crippen LogP contribution in [0.1, 0.15) is 35.2 Å². The molecule has 0 aliphatic carbocycles. The van der Waals surface area contributed by atoms with Crippen molar-refractivity contribution < 1.29 is 24.2 Å². The molecule has 7 nitrogen and oxygen atoms in total. The number of hydrogen-bond donors (Lipinski definition) is 1. The van der Waals surface area contributed by atoms with E-state index in [-0.39, 0.29) is 23.7 Å². The van der Waals surface area contributed by atoms with Crippen LogP contribution >= 0.6 is 15.9 Å². The van der Waals surface area contributed by atoms with E-state index in [9.17, 15) is 19.5 Å². The summed E-state index contributed by atoms with van der Waals surface area (Å²) in [5, 5.41) is 11.2. The van der Waals surface area contributed by atoms with E-state index in [0.717, 1.165) is 10.0 Å². The minimum atomic E-state index is -0.872. The van der Waals surface area contributed by atoms with Crippen molar-refractivity contribution in [2.24, 2.45) is 0 Å². The number of nitrogens with zero attached hydrogens (tertiary/aromatic N) is 2. The molecule has 0 saturated carbocycles. The number of aliphatic hydroxyl groups is 1. The van der Waals surface area contributed by atoms with E-state index in [1.54, 1.807) is 73.9 Å². The van der Waals surface area contributed by atoms with E-state index < -0.39 is 17.7 Å². The first kappa shape index (κ1) is 24.3. The normalized spacial score (nSPS) is 17.0. The zero-order valence-electron chi connectivity index (χ0n) is 19.2. The van der Waals surface area contributed by atoms with Crippen molar-refractivity contribution in [1.82, 2.24) is 4.98 Å². The van der Waals surface area contributed by atoms with Crippen LogP contribution < -0.4 is 4.90 Å². The number of carbonyl (C=O) groups excluding carboxylic acids is 3. The molecule has 1 amide bonds. The number of halogens is 1. The Kier molecular flexibility index (Phi) is 7.12. The highest BCUT2D eigenvalue weighted by molar-refractivity contribution is 9.10. The van der Waals surface area contributed by atoms with E-state index in [0.29, 0.717) is 29.0 Å². The third-order valence-electron chi connectivity index (χ3n) is 5.74. The van der Waals surface area contributed by atoms with Gasteiger partial charge in [-0.05, 0) is 60.9 Å². The number of amides is 1. The number of rotatable bonds is 6. The number of ketones is 1. The lowest BCUT2D eigenvalue weighted by Gasteiger charge is -2.25. The average Bonchev–Trinajstić information content (AvgIpc) is 3.12. The Labute approximate surface area is 211 Å². The third kappa shape index (κ3) is 4.88. The molecule has 2 heterocycles. The van der Waals surface area contributed by atoms with E-state index in [1.165, 1.54) is 4.90 Å². The molecule has 178 valence electrons. The van der Waals surface area contributed by atoms with E-state index >= 15 is 0 Å². The van der Waals surface area contributed by atoms with Crippen LogP contribution in [0.3, 0.4) is 0 Å². The molecule has 1 N–H and O–H groups in total. The summed E-state index contributed by atoms with van der Waals surface area (Å²) >= 11 is 3.44. The van der Waals surface area contributed by atoms with Gasteiger partial charge in [0, 0.05) is 28.1 Å². The Morgan fingerprint density at radius 1 is 1.14 bits per heavy atom. The van der Waals surface area contributed by atoms with Crippen LogP contribution in [0, 0.1) is 6.92 Å². The van der Waals surface area contributed by atoms with Crippen LogP contribution in [-0.4, -0.2) is 34.4 Å². The molecular formula is C27H23BrN2O5. The fourth-order valence-corrected chi connectivity index (χ4v) is 4.30. The SMILES string of the molecule is CCOC(=O)Cc1ccc(N2C(=O)C(=O)/C(=C(\O)c3ccc(Br)c(C)c3)C2c2cccnc2)cc1. The molecule has 35 heavy (non-hydrogen) atoms. The second kappa shape index (κ2) is 10.2. The van der Waals surface area contributed by atoms with Crippen molar-refractivity contribution in [3.8, 4) is 0 Å². The predicted molar refractivity (Wildman–Crippen MR) is 135 cm³/mol. The summed E-state index contributed by atoms with van der Waals surface area (Å²) in [6, 6.07) is 14.6. The van der Waals surface area contributed by atoms with Gasteiger partial charge < -0.3 is 9.84 Å². The fourth-order valence-electron chi connectivity index (χ4n) is 4.05. The highest BCUT2D eigenvalue weighted by Crippen LogP contribution is 2.42. The number of ether oxygens (including phenoxy) is 1. The second-order valence-corrected chi connectivity index (χ2v) is 8.92. The van der Waals surface area contributed by atoms with Crippen molar-refractivity contribution in [3.05, 3.63) is 99.3 Å². The van der Waals surface area contributed by atoms with Crippen LogP contribution in [-0.2, 0) is 25.5 Å². The molecular weight excluding hydrogens is 512 g/mol. The van der Waals surface area contributed by atoms with Gasteiger partial charge in [-0.25, -0.2) is 0 Å². The molecule has 1 aromatic heterocycles. The van der Waals surface area contributed by atoms with Gasteiger partial charge in [0.25, 0.3) is 11.7 Å². The minimum Gasteiger partial charge on any atom is -0.507 e. The van der Waals surface area contributed by atoms with Gasteiger partial charge in [-0.3, -0.25) is 24.3 Å². The maximum Gasteiger partial charge on any atom is 0.310 e. The molecule has 1 atom stereocenters. The zero-order valence-corrected chi connectivity index (χ0v) is 20.8. The van der Waals surface area contributed by atoms with Gasteiger partial charge >= 0.3 is 5.97 Å².